The van der Waals surface area contributed by atoms with Crippen LogP contribution in [0, 0.1) is 11.7 Å². The van der Waals surface area contributed by atoms with Crippen LogP contribution >= 0.6 is 11.6 Å². The average molecular weight is 540 g/mol. The summed E-state index contributed by atoms with van der Waals surface area (Å²) in [6.07, 6.45) is 5.55. The van der Waals surface area contributed by atoms with Gasteiger partial charge in [0.1, 0.15) is 17.0 Å². The van der Waals surface area contributed by atoms with Crippen LogP contribution < -0.4 is 15.0 Å². The number of H-pyrrole nitrogens is 1. The summed E-state index contributed by atoms with van der Waals surface area (Å²) in [5.74, 6) is 0.00168. The number of pyridine rings is 1. The number of methoxy groups -OCH3 is 1. The number of rotatable bonds is 1. The fraction of sp³-hybridized carbons (Fsp3) is 0.423. The molecule has 0 spiro atoms. The summed E-state index contributed by atoms with van der Waals surface area (Å²) < 4.78 is 27.3. The van der Waals surface area contributed by atoms with E-state index in [4.69, 9.17) is 21.1 Å². The topological polar surface area (TPSA) is 118 Å². The normalized spacial score (nSPS) is 20.3. The monoisotopic (exact) mass is 539 g/mol. The Morgan fingerprint density at radius 1 is 1.24 bits per heavy atom. The molecule has 0 radical (unpaired) electrons. The van der Waals surface area contributed by atoms with Crippen molar-refractivity contribution >= 4 is 45.3 Å². The Morgan fingerprint density at radius 2 is 2.11 bits per heavy atom. The van der Waals surface area contributed by atoms with Gasteiger partial charge in [-0.05, 0) is 43.2 Å². The van der Waals surface area contributed by atoms with E-state index < -0.39 is 11.9 Å². The number of halogens is 2. The van der Waals surface area contributed by atoms with Crippen LogP contribution in [0.15, 0.2) is 18.5 Å². The smallest absolute Gasteiger partial charge is 0.407 e. The zero-order chi connectivity index (χ0) is 26.4. The number of aromatic nitrogens is 5. The molecule has 2 N–H and O–H groups in total. The molecule has 2 unspecified atom stereocenters. The number of benzene rings is 1. The summed E-state index contributed by atoms with van der Waals surface area (Å²) in [5, 5.41) is 11.7. The third-order valence-corrected chi connectivity index (χ3v) is 7.64. The molecule has 38 heavy (non-hydrogen) atoms. The first-order chi connectivity index (χ1) is 18.4. The molecule has 10 nitrogen and oxygen atoms in total. The number of fused-ring (bicyclic) bond motifs is 8. The molecule has 0 aliphatic carbocycles. The van der Waals surface area contributed by atoms with E-state index in [9.17, 15) is 4.79 Å². The molecule has 12 heteroatoms. The minimum Gasteiger partial charge on any atom is -0.467 e. The summed E-state index contributed by atoms with van der Waals surface area (Å²) >= 11 is 6.76. The van der Waals surface area contributed by atoms with E-state index in [-0.39, 0.29) is 35.8 Å². The molecule has 3 aromatic heterocycles. The molecule has 1 fully saturated rings. The highest BCUT2D eigenvalue weighted by Crippen LogP contribution is 2.40. The molecule has 6 heterocycles. The molecule has 1 amide bonds. The third-order valence-electron chi connectivity index (χ3n) is 7.30. The highest BCUT2D eigenvalue weighted by molar-refractivity contribution is 6.33. The zero-order valence-electron chi connectivity index (χ0n) is 21.1. The van der Waals surface area contributed by atoms with Crippen LogP contribution in [0.3, 0.4) is 0 Å². The van der Waals surface area contributed by atoms with Crippen molar-refractivity contribution in [3.8, 4) is 17.3 Å². The van der Waals surface area contributed by atoms with E-state index in [1.807, 2.05) is 11.8 Å². The first kappa shape index (κ1) is 24.6. The second kappa shape index (κ2) is 9.86. The summed E-state index contributed by atoms with van der Waals surface area (Å²) in [4.78, 5) is 28.1. The van der Waals surface area contributed by atoms with Crippen LogP contribution in [-0.2, 0) is 11.2 Å². The number of piperidine rings is 1. The van der Waals surface area contributed by atoms with Crippen LogP contribution in [0.25, 0.3) is 33.1 Å². The van der Waals surface area contributed by atoms with Crippen molar-refractivity contribution in [3.05, 3.63) is 34.9 Å². The summed E-state index contributed by atoms with van der Waals surface area (Å²) in [7, 11) is 1.45. The maximum absolute atomic E-state index is 16.5. The average Bonchev–Trinajstić information content (AvgIpc) is 3.37. The second-order valence-electron chi connectivity index (χ2n) is 9.92. The van der Waals surface area contributed by atoms with Gasteiger partial charge in [0, 0.05) is 41.3 Å². The van der Waals surface area contributed by atoms with Crippen molar-refractivity contribution in [2.24, 2.45) is 5.92 Å². The standard InChI is InChI=1S/C26H27ClFN7O3/c1-13-5-7-38-26(36)31-14-4-3-6-35(12-14)24-17-10-29-23(21(28)22(17)32-25(33-24)37-2)20-15(8-13)18(27)9-19-16(20)11-30-34-19/h9-11,13-14H,3-8,12H2,1-2H3,(H,30,34)(H,31,36). The Labute approximate surface area is 222 Å². The SMILES string of the molecule is COc1nc2c3cnc(c(F)c3n1)-c1c(c(Cl)cc3[nH]ncc13)CC(C)CCOC(=O)NC1CCCN2C1. The Bertz CT molecular complexity index is 1540. The molecule has 0 saturated carbocycles. The van der Waals surface area contributed by atoms with Gasteiger partial charge < -0.3 is 19.7 Å². The van der Waals surface area contributed by atoms with E-state index in [1.54, 1.807) is 18.5 Å². The molecule has 1 aromatic carbocycles. The lowest BCUT2D eigenvalue weighted by atomic mass is 9.91. The van der Waals surface area contributed by atoms with E-state index >= 15 is 4.39 Å². The number of alkyl carbamates (subject to hydrolysis) is 1. The molecule has 198 valence electrons. The van der Waals surface area contributed by atoms with Crippen molar-refractivity contribution in [3.63, 3.8) is 0 Å². The van der Waals surface area contributed by atoms with Crippen LogP contribution in [0.1, 0.15) is 31.7 Å². The van der Waals surface area contributed by atoms with Crippen LogP contribution in [0.4, 0.5) is 15.0 Å². The lowest BCUT2D eigenvalue weighted by molar-refractivity contribution is 0.134. The molecule has 3 aliphatic heterocycles. The van der Waals surface area contributed by atoms with Gasteiger partial charge in [-0.25, -0.2) is 9.18 Å². The van der Waals surface area contributed by atoms with Gasteiger partial charge >= 0.3 is 12.1 Å². The van der Waals surface area contributed by atoms with Crippen molar-refractivity contribution in [1.29, 1.82) is 0 Å². The number of hydrogen-bond donors (Lipinski definition) is 2. The summed E-state index contributed by atoms with van der Waals surface area (Å²) in [5.41, 5.74) is 2.22. The number of anilines is 1. The number of aromatic amines is 1. The van der Waals surface area contributed by atoms with Gasteiger partial charge in [0.2, 0.25) is 0 Å². The Kier molecular flexibility index (Phi) is 6.38. The molecule has 2 atom stereocenters. The van der Waals surface area contributed by atoms with Gasteiger partial charge in [0.05, 0.1) is 30.8 Å². The van der Waals surface area contributed by atoms with Crippen LogP contribution in [0.5, 0.6) is 6.01 Å². The van der Waals surface area contributed by atoms with Crippen LogP contribution in [0.2, 0.25) is 5.02 Å². The molecule has 7 rings (SSSR count). The van der Waals surface area contributed by atoms with Gasteiger partial charge in [-0.1, -0.05) is 18.5 Å². The fourth-order valence-electron chi connectivity index (χ4n) is 5.40. The van der Waals surface area contributed by atoms with E-state index in [0.717, 1.165) is 18.4 Å². The molecule has 6 bridgehead atoms. The van der Waals surface area contributed by atoms with Gasteiger partial charge in [-0.15, -0.1) is 0 Å². The molecular weight excluding hydrogens is 513 g/mol. The van der Waals surface area contributed by atoms with Gasteiger partial charge in [0.25, 0.3) is 0 Å². The minimum atomic E-state index is -0.586. The highest BCUT2D eigenvalue weighted by Gasteiger charge is 2.28. The number of nitrogens with zero attached hydrogens (tertiary/aromatic N) is 5. The maximum atomic E-state index is 16.5. The first-order valence-corrected chi connectivity index (χ1v) is 13.0. The number of amides is 1. The number of nitrogens with one attached hydrogen (secondary N) is 2. The number of carbonyl (C=O) groups is 1. The summed E-state index contributed by atoms with van der Waals surface area (Å²) in [6.45, 7) is 3.46. The molecule has 3 aliphatic rings. The predicted molar refractivity (Wildman–Crippen MR) is 141 cm³/mol. The molecule has 4 aromatic rings. The quantitative estimate of drug-likeness (QED) is 0.359. The largest absolute Gasteiger partial charge is 0.467 e. The van der Waals surface area contributed by atoms with Crippen molar-refractivity contribution in [1.82, 2.24) is 30.5 Å². The number of ether oxygens (including phenoxy) is 2. The highest BCUT2D eigenvalue weighted by atomic mass is 35.5. The van der Waals surface area contributed by atoms with Crippen LogP contribution in [-0.4, -0.2) is 64.1 Å². The van der Waals surface area contributed by atoms with Gasteiger partial charge in [0.15, 0.2) is 5.82 Å². The maximum Gasteiger partial charge on any atom is 0.407 e. The first-order valence-electron chi connectivity index (χ1n) is 12.7. The number of hydrogen-bond acceptors (Lipinski definition) is 8. The zero-order valence-corrected chi connectivity index (χ0v) is 21.8. The van der Waals surface area contributed by atoms with Gasteiger partial charge in [-0.2, -0.15) is 15.1 Å². The van der Waals surface area contributed by atoms with E-state index in [2.05, 4.69) is 30.5 Å². The third kappa shape index (κ3) is 4.34. The van der Waals surface area contributed by atoms with Crippen molar-refractivity contribution in [2.75, 3.05) is 31.7 Å². The predicted octanol–water partition coefficient (Wildman–Crippen LogP) is 4.65. The Morgan fingerprint density at radius 3 is 2.95 bits per heavy atom. The summed E-state index contributed by atoms with van der Waals surface area (Å²) in [6, 6.07) is 1.69. The lowest BCUT2D eigenvalue weighted by Crippen LogP contribution is -2.48. The van der Waals surface area contributed by atoms with Gasteiger partial charge in [-0.3, -0.25) is 10.1 Å². The fourth-order valence-corrected chi connectivity index (χ4v) is 5.68. The van der Waals surface area contributed by atoms with Crippen molar-refractivity contribution in [2.45, 2.75) is 38.6 Å². The Hall–Kier alpha value is -3.73. The molecular formula is C26H27ClFN7O3. The van der Waals surface area contributed by atoms with E-state index in [0.29, 0.717) is 58.6 Å². The van der Waals surface area contributed by atoms with E-state index in [1.165, 1.54) is 7.11 Å². The minimum absolute atomic E-state index is 0.0457. The second-order valence-corrected chi connectivity index (χ2v) is 10.3. The Balaban J connectivity index is 1.61. The lowest BCUT2D eigenvalue weighted by Gasteiger charge is -2.34. The molecule has 1 saturated heterocycles. The van der Waals surface area contributed by atoms with Crippen molar-refractivity contribution < 1.29 is 18.7 Å². The number of carbonyl (C=O) groups excluding carboxylic acids is 1.